The maximum absolute atomic E-state index is 11.9. The molecule has 0 bridgehead atoms. The van der Waals surface area contributed by atoms with E-state index in [0.29, 0.717) is 5.89 Å². The molecular formula is C14H11N3O3S. The molecule has 0 radical (unpaired) electrons. The fraction of sp³-hybridized carbons (Fsp3) is 0.143. The number of nitrogens with zero attached hydrogens (tertiary/aromatic N) is 3. The Kier molecular flexibility index (Phi) is 3.74. The van der Waals surface area contributed by atoms with Crippen molar-refractivity contribution in [3.05, 3.63) is 53.5 Å². The lowest BCUT2D eigenvalue weighted by molar-refractivity contribution is 0.0273. The third-order valence-corrected chi connectivity index (χ3v) is 3.54. The van der Waals surface area contributed by atoms with E-state index >= 15 is 0 Å². The van der Waals surface area contributed by atoms with Crippen LogP contribution in [0.25, 0.3) is 10.8 Å². The van der Waals surface area contributed by atoms with E-state index in [4.69, 9.17) is 9.15 Å². The van der Waals surface area contributed by atoms with Gasteiger partial charge in [0.15, 0.2) is 6.10 Å². The molecule has 6 nitrogen and oxygen atoms in total. The van der Waals surface area contributed by atoms with Crippen molar-refractivity contribution in [2.24, 2.45) is 0 Å². The van der Waals surface area contributed by atoms with Crippen LogP contribution in [0.15, 0.2) is 46.3 Å². The monoisotopic (exact) mass is 301 g/mol. The molecule has 7 heteroatoms. The van der Waals surface area contributed by atoms with Crippen LogP contribution < -0.4 is 0 Å². The lowest BCUT2D eigenvalue weighted by Crippen LogP contribution is -2.10. The Bertz CT molecular complexity index is 725. The number of pyridine rings is 1. The number of ether oxygens (including phenoxy) is 1. The summed E-state index contributed by atoms with van der Waals surface area (Å²) >= 11 is 1.50. The van der Waals surface area contributed by atoms with E-state index in [1.54, 1.807) is 25.1 Å². The summed E-state index contributed by atoms with van der Waals surface area (Å²) in [5.41, 5.74) is 0.238. The SMILES string of the molecule is CC(OC(=O)c1ccccn1)c1nnc(-c2cccs2)o1. The third kappa shape index (κ3) is 2.97. The van der Waals surface area contributed by atoms with Crippen molar-refractivity contribution in [1.29, 1.82) is 0 Å². The number of hydrogen-bond acceptors (Lipinski definition) is 7. The van der Waals surface area contributed by atoms with Gasteiger partial charge in [0.2, 0.25) is 0 Å². The summed E-state index contributed by atoms with van der Waals surface area (Å²) in [5.74, 6) is 0.141. The molecule has 0 aliphatic carbocycles. The molecule has 0 fully saturated rings. The van der Waals surface area contributed by atoms with Crippen LogP contribution >= 0.6 is 11.3 Å². The highest BCUT2D eigenvalue weighted by atomic mass is 32.1. The second kappa shape index (κ2) is 5.84. The van der Waals surface area contributed by atoms with Gasteiger partial charge in [-0.3, -0.25) is 0 Å². The van der Waals surface area contributed by atoms with Gasteiger partial charge in [-0.1, -0.05) is 12.1 Å². The molecule has 1 unspecified atom stereocenters. The lowest BCUT2D eigenvalue weighted by Gasteiger charge is -2.08. The number of rotatable bonds is 4. The molecule has 3 aromatic heterocycles. The van der Waals surface area contributed by atoms with Gasteiger partial charge in [0.05, 0.1) is 4.88 Å². The summed E-state index contributed by atoms with van der Waals surface area (Å²) in [5, 5.41) is 9.78. The highest BCUT2D eigenvalue weighted by Gasteiger charge is 2.20. The smallest absolute Gasteiger partial charge is 0.357 e. The van der Waals surface area contributed by atoms with Crippen molar-refractivity contribution >= 4 is 17.3 Å². The van der Waals surface area contributed by atoms with Gasteiger partial charge in [-0.25, -0.2) is 9.78 Å². The number of carbonyl (C=O) groups excluding carboxylic acids is 1. The van der Waals surface area contributed by atoms with Gasteiger partial charge in [0.25, 0.3) is 11.8 Å². The molecule has 106 valence electrons. The van der Waals surface area contributed by atoms with Gasteiger partial charge in [0, 0.05) is 6.20 Å². The molecule has 3 aromatic rings. The van der Waals surface area contributed by atoms with Crippen molar-refractivity contribution in [2.75, 3.05) is 0 Å². The largest absolute Gasteiger partial charge is 0.448 e. The summed E-state index contributed by atoms with van der Waals surface area (Å²) in [7, 11) is 0. The van der Waals surface area contributed by atoms with Crippen LogP contribution in [-0.2, 0) is 4.74 Å². The number of carbonyl (C=O) groups is 1. The number of aromatic nitrogens is 3. The Hall–Kier alpha value is -2.54. The van der Waals surface area contributed by atoms with E-state index in [-0.39, 0.29) is 11.6 Å². The van der Waals surface area contributed by atoms with Crippen molar-refractivity contribution in [3.63, 3.8) is 0 Å². The number of esters is 1. The highest BCUT2D eigenvalue weighted by molar-refractivity contribution is 7.13. The Morgan fingerprint density at radius 3 is 2.90 bits per heavy atom. The average molecular weight is 301 g/mol. The molecule has 3 heterocycles. The second-order valence-corrected chi connectivity index (χ2v) is 5.13. The van der Waals surface area contributed by atoms with E-state index in [9.17, 15) is 4.79 Å². The van der Waals surface area contributed by atoms with E-state index in [1.807, 2.05) is 17.5 Å². The third-order valence-electron chi connectivity index (χ3n) is 2.68. The summed E-state index contributed by atoms with van der Waals surface area (Å²) in [6.45, 7) is 1.67. The van der Waals surface area contributed by atoms with E-state index in [0.717, 1.165) is 4.88 Å². The number of hydrogen-bond donors (Lipinski definition) is 0. The lowest BCUT2D eigenvalue weighted by atomic mass is 10.3. The molecule has 0 saturated heterocycles. The van der Waals surface area contributed by atoms with Crippen molar-refractivity contribution in [1.82, 2.24) is 15.2 Å². The van der Waals surface area contributed by atoms with Crippen molar-refractivity contribution in [3.8, 4) is 10.8 Å². The molecule has 0 aliphatic rings. The molecule has 1 atom stereocenters. The van der Waals surface area contributed by atoms with Crippen molar-refractivity contribution < 1.29 is 13.9 Å². The predicted octanol–water partition coefficient (Wildman–Crippen LogP) is 3.11. The summed E-state index contributed by atoms with van der Waals surface area (Å²) in [6.07, 6.45) is 0.892. The Morgan fingerprint density at radius 1 is 1.29 bits per heavy atom. The first-order valence-corrected chi connectivity index (χ1v) is 7.11. The molecule has 0 aliphatic heterocycles. The first-order valence-electron chi connectivity index (χ1n) is 6.23. The van der Waals surface area contributed by atoms with E-state index < -0.39 is 12.1 Å². The van der Waals surface area contributed by atoms with Crippen LogP contribution in [0.3, 0.4) is 0 Å². The van der Waals surface area contributed by atoms with Gasteiger partial charge < -0.3 is 9.15 Å². The predicted molar refractivity (Wildman–Crippen MR) is 75.7 cm³/mol. The van der Waals surface area contributed by atoms with Crippen LogP contribution in [0.4, 0.5) is 0 Å². The molecule has 21 heavy (non-hydrogen) atoms. The molecule has 0 N–H and O–H groups in total. The average Bonchev–Trinajstić information content (AvgIpc) is 3.19. The Labute approximate surface area is 124 Å². The maximum Gasteiger partial charge on any atom is 0.357 e. The highest BCUT2D eigenvalue weighted by Crippen LogP contribution is 2.26. The fourth-order valence-corrected chi connectivity index (χ4v) is 2.30. The molecule has 3 rings (SSSR count). The second-order valence-electron chi connectivity index (χ2n) is 4.19. The minimum atomic E-state index is -0.638. The van der Waals surface area contributed by atoms with Gasteiger partial charge in [0.1, 0.15) is 5.69 Å². The van der Waals surface area contributed by atoms with Gasteiger partial charge in [-0.05, 0) is 30.5 Å². The normalized spacial score (nSPS) is 12.0. The zero-order valence-corrected chi connectivity index (χ0v) is 11.9. The minimum absolute atomic E-state index is 0.238. The van der Waals surface area contributed by atoms with Crippen LogP contribution in [-0.4, -0.2) is 21.2 Å². The standard InChI is InChI=1S/C14H11N3O3S/c1-9(19-14(18)10-5-2-3-7-15-10)12-16-17-13(20-12)11-6-4-8-21-11/h2-9H,1H3. The first-order chi connectivity index (χ1) is 10.2. The molecular weight excluding hydrogens is 290 g/mol. The van der Waals surface area contributed by atoms with Gasteiger partial charge in [-0.15, -0.1) is 21.5 Å². The maximum atomic E-state index is 11.9. The summed E-state index contributed by atoms with van der Waals surface area (Å²) < 4.78 is 10.8. The van der Waals surface area contributed by atoms with Gasteiger partial charge in [-0.2, -0.15) is 0 Å². The summed E-state index contributed by atoms with van der Waals surface area (Å²) in [6, 6.07) is 8.81. The molecule has 0 amide bonds. The molecule has 0 saturated carbocycles. The quantitative estimate of drug-likeness (QED) is 0.689. The topological polar surface area (TPSA) is 78.1 Å². The van der Waals surface area contributed by atoms with E-state index in [1.165, 1.54) is 17.5 Å². The Balaban J connectivity index is 1.71. The van der Waals surface area contributed by atoms with Crippen LogP contribution in [0.2, 0.25) is 0 Å². The van der Waals surface area contributed by atoms with E-state index in [2.05, 4.69) is 15.2 Å². The zero-order chi connectivity index (χ0) is 14.7. The Morgan fingerprint density at radius 2 is 2.19 bits per heavy atom. The number of thiophene rings is 1. The zero-order valence-electron chi connectivity index (χ0n) is 11.1. The van der Waals surface area contributed by atoms with Crippen LogP contribution in [0.1, 0.15) is 29.4 Å². The van der Waals surface area contributed by atoms with Gasteiger partial charge >= 0.3 is 5.97 Å². The molecule has 0 aromatic carbocycles. The minimum Gasteiger partial charge on any atom is -0.448 e. The van der Waals surface area contributed by atoms with Crippen molar-refractivity contribution in [2.45, 2.75) is 13.0 Å². The van der Waals surface area contributed by atoms with Crippen LogP contribution in [0.5, 0.6) is 0 Å². The fourth-order valence-electron chi connectivity index (χ4n) is 1.65. The van der Waals surface area contributed by atoms with Crippen LogP contribution in [0, 0.1) is 0 Å². The molecule has 0 spiro atoms. The summed E-state index contributed by atoms with van der Waals surface area (Å²) in [4.78, 5) is 16.7. The first kappa shape index (κ1) is 13.4.